The minimum Gasteiger partial charge on any atom is -0.497 e. The van der Waals surface area contributed by atoms with E-state index in [0.717, 1.165) is 33.2 Å². The smallest absolute Gasteiger partial charge is 0.227 e. The van der Waals surface area contributed by atoms with E-state index in [1.54, 1.807) is 18.4 Å². The number of anilines is 1. The maximum Gasteiger partial charge on any atom is 0.227 e. The number of carbonyl (C=O) groups excluding carboxylic acids is 1. The lowest BCUT2D eigenvalue weighted by atomic mass is 10.1. The zero-order valence-electron chi connectivity index (χ0n) is 17.2. The van der Waals surface area contributed by atoms with Crippen LogP contribution in [0.3, 0.4) is 0 Å². The molecule has 1 N–H and O–H groups in total. The van der Waals surface area contributed by atoms with E-state index in [9.17, 15) is 4.79 Å². The SMILES string of the molecule is COc1ccc(-c2noc(CCC(=O)Nc3ccc(-c4cn5ccsc5n4)cc3)n2)cc1. The van der Waals surface area contributed by atoms with Crippen molar-refractivity contribution in [2.45, 2.75) is 12.8 Å². The van der Waals surface area contributed by atoms with Crippen LogP contribution in [0.4, 0.5) is 5.69 Å². The highest BCUT2D eigenvalue weighted by molar-refractivity contribution is 7.15. The first-order valence-corrected chi connectivity index (χ1v) is 10.9. The largest absolute Gasteiger partial charge is 0.497 e. The average molecular weight is 446 g/mol. The van der Waals surface area contributed by atoms with Crippen molar-refractivity contribution < 1.29 is 14.1 Å². The van der Waals surface area contributed by atoms with Crippen LogP contribution in [0.5, 0.6) is 5.75 Å². The first-order valence-electron chi connectivity index (χ1n) is 9.97. The zero-order chi connectivity index (χ0) is 21.9. The Bertz CT molecular complexity index is 1320. The van der Waals surface area contributed by atoms with E-state index < -0.39 is 0 Å². The predicted molar refractivity (Wildman–Crippen MR) is 122 cm³/mol. The molecule has 0 radical (unpaired) electrons. The summed E-state index contributed by atoms with van der Waals surface area (Å²) >= 11 is 1.59. The third-order valence-corrected chi connectivity index (χ3v) is 5.71. The number of methoxy groups -OCH3 is 1. The molecule has 0 atom stereocenters. The molecule has 0 aliphatic carbocycles. The number of amides is 1. The van der Waals surface area contributed by atoms with Crippen molar-refractivity contribution in [1.82, 2.24) is 19.5 Å². The molecule has 5 aromatic rings. The van der Waals surface area contributed by atoms with Crippen LogP contribution in [-0.2, 0) is 11.2 Å². The summed E-state index contributed by atoms with van der Waals surface area (Å²) in [6.45, 7) is 0. The highest BCUT2D eigenvalue weighted by atomic mass is 32.1. The summed E-state index contributed by atoms with van der Waals surface area (Å²) in [5.74, 6) is 1.54. The van der Waals surface area contributed by atoms with Crippen molar-refractivity contribution in [3.05, 3.63) is 72.2 Å². The maximum atomic E-state index is 12.3. The number of benzene rings is 2. The van der Waals surface area contributed by atoms with Gasteiger partial charge in [-0.25, -0.2) is 4.98 Å². The van der Waals surface area contributed by atoms with Crippen LogP contribution in [0.15, 0.2) is 70.8 Å². The minimum absolute atomic E-state index is 0.121. The van der Waals surface area contributed by atoms with Crippen LogP contribution < -0.4 is 10.1 Å². The second-order valence-electron chi connectivity index (χ2n) is 7.08. The molecule has 0 aliphatic heterocycles. The van der Waals surface area contributed by atoms with E-state index in [0.29, 0.717) is 18.1 Å². The maximum absolute atomic E-state index is 12.3. The van der Waals surface area contributed by atoms with Crippen LogP contribution in [0.25, 0.3) is 27.6 Å². The second-order valence-corrected chi connectivity index (χ2v) is 7.96. The molecule has 9 heteroatoms. The first-order chi connectivity index (χ1) is 15.7. The fraction of sp³-hybridized carbons (Fsp3) is 0.130. The topological polar surface area (TPSA) is 94.5 Å². The Kier molecular flexibility index (Phi) is 5.39. The zero-order valence-corrected chi connectivity index (χ0v) is 18.0. The van der Waals surface area contributed by atoms with Gasteiger partial charge >= 0.3 is 0 Å². The Labute approximate surface area is 187 Å². The molecule has 5 rings (SSSR count). The van der Waals surface area contributed by atoms with E-state index >= 15 is 0 Å². The first kappa shape index (κ1) is 20.0. The lowest BCUT2D eigenvalue weighted by molar-refractivity contribution is -0.116. The lowest BCUT2D eigenvalue weighted by Crippen LogP contribution is -2.12. The quantitative estimate of drug-likeness (QED) is 0.390. The third-order valence-electron chi connectivity index (χ3n) is 4.94. The fourth-order valence-corrected chi connectivity index (χ4v) is 3.95. The summed E-state index contributed by atoms with van der Waals surface area (Å²) < 4.78 is 12.4. The summed E-state index contributed by atoms with van der Waals surface area (Å²) in [7, 11) is 1.61. The molecule has 0 spiro atoms. The molecule has 0 bridgehead atoms. The van der Waals surface area contributed by atoms with Crippen molar-refractivity contribution in [3.8, 4) is 28.4 Å². The second kappa shape index (κ2) is 8.64. The van der Waals surface area contributed by atoms with Gasteiger partial charge in [-0.15, -0.1) is 11.3 Å². The summed E-state index contributed by atoms with van der Waals surface area (Å²) in [6.07, 6.45) is 4.57. The number of rotatable bonds is 7. The van der Waals surface area contributed by atoms with Gasteiger partial charge in [-0.05, 0) is 36.4 Å². The van der Waals surface area contributed by atoms with Gasteiger partial charge in [-0.3, -0.25) is 9.20 Å². The summed E-state index contributed by atoms with van der Waals surface area (Å²) in [4.78, 5) is 22.3. The van der Waals surface area contributed by atoms with Crippen LogP contribution >= 0.6 is 11.3 Å². The third kappa shape index (κ3) is 4.23. The summed E-state index contributed by atoms with van der Waals surface area (Å²) in [5, 5.41) is 8.88. The number of aryl methyl sites for hydroxylation is 1. The van der Waals surface area contributed by atoms with Crippen LogP contribution in [0.1, 0.15) is 12.3 Å². The Balaban J connectivity index is 1.16. The van der Waals surface area contributed by atoms with Gasteiger partial charge in [0.05, 0.1) is 12.8 Å². The highest BCUT2D eigenvalue weighted by Crippen LogP contribution is 2.23. The Morgan fingerprint density at radius 3 is 2.62 bits per heavy atom. The van der Waals surface area contributed by atoms with E-state index in [-0.39, 0.29) is 12.3 Å². The fourth-order valence-electron chi connectivity index (χ4n) is 3.25. The monoisotopic (exact) mass is 445 g/mol. The molecule has 3 aromatic heterocycles. The molecule has 32 heavy (non-hydrogen) atoms. The van der Waals surface area contributed by atoms with Gasteiger partial charge in [0.15, 0.2) is 4.96 Å². The molecule has 8 nitrogen and oxygen atoms in total. The van der Waals surface area contributed by atoms with Crippen molar-refractivity contribution in [3.63, 3.8) is 0 Å². The van der Waals surface area contributed by atoms with Gasteiger partial charge in [-0.2, -0.15) is 4.98 Å². The van der Waals surface area contributed by atoms with Crippen LogP contribution in [-0.4, -0.2) is 32.5 Å². The summed E-state index contributed by atoms with van der Waals surface area (Å²) in [5.41, 5.74) is 3.45. The number of nitrogens with one attached hydrogen (secondary N) is 1. The van der Waals surface area contributed by atoms with Gasteiger partial charge in [0.1, 0.15) is 5.75 Å². The number of aromatic nitrogens is 4. The highest BCUT2D eigenvalue weighted by Gasteiger charge is 2.12. The number of ether oxygens (including phenoxy) is 1. The molecule has 2 aromatic carbocycles. The number of carbonyl (C=O) groups is 1. The van der Waals surface area contributed by atoms with E-state index in [1.165, 1.54) is 0 Å². The molecule has 0 unspecified atom stereocenters. The standard InChI is InChI=1S/C23H19N5O3S/c1-30-18-8-4-16(5-9-18)22-26-21(31-27-22)11-10-20(29)24-17-6-2-15(3-7-17)19-14-28-12-13-32-23(28)25-19/h2-9,12-14H,10-11H2,1H3,(H,24,29). The minimum atomic E-state index is -0.121. The Morgan fingerprint density at radius 1 is 1.09 bits per heavy atom. The molecule has 3 heterocycles. The molecule has 0 saturated heterocycles. The molecular weight excluding hydrogens is 426 g/mol. The van der Waals surface area contributed by atoms with E-state index in [1.807, 2.05) is 70.7 Å². The summed E-state index contributed by atoms with van der Waals surface area (Å²) in [6, 6.07) is 15.0. The van der Waals surface area contributed by atoms with Crippen molar-refractivity contribution in [2.24, 2.45) is 0 Å². The van der Waals surface area contributed by atoms with Gasteiger partial charge in [0.2, 0.25) is 17.6 Å². The molecule has 160 valence electrons. The van der Waals surface area contributed by atoms with Gasteiger partial charge in [0.25, 0.3) is 0 Å². The molecular formula is C23H19N5O3S. The average Bonchev–Trinajstić information content (AvgIpc) is 3.55. The van der Waals surface area contributed by atoms with Crippen LogP contribution in [0.2, 0.25) is 0 Å². The molecule has 0 aliphatic rings. The lowest BCUT2D eigenvalue weighted by Gasteiger charge is -2.05. The number of hydrogen-bond acceptors (Lipinski definition) is 7. The number of thiazole rings is 1. The van der Waals surface area contributed by atoms with E-state index in [4.69, 9.17) is 9.26 Å². The normalized spacial score (nSPS) is 11.0. The number of nitrogens with zero attached hydrogens (tertiary/aromatic N) is 4. The molecule has 0 saturated carbocycles. The van der Waals surface area contributed by atoms with Crippen LogP contribution in [0, 0.1) is 0 Å². The Morgan fingerprint density at radius 2 is 1.88 bits per heavy atom. The van der Waals surface area contributed by atoms with Crippen molar-refractivity contribution in [2.75, 3.05) is 12.4 Å². The predicted octanol–water partition coefficient (Wildman–Crippen LogP) is 4.69. The van der Waals surface area contributed by atoms with Gasteiger partial charge in [-0.1, -0.05) is 17.3 Å². The van der Waals surface area contributed by atoms with Crippen molar-refractivity contribution in [1.29, 1.82) is 0 Å². The van der Waals surface area contributed by atoms with Gasteiger partial charge in [0, 0.05) is 47.4 Å². The van der Waals surface area contributed by atoms with Crippen molar-refractivity contribution >= 4 is 27.9 Å². The Hall–Kier alpha value is -3.98. The molecule has 0 fully saturated rings. The van der Waals surface area contributed by atoms with E-state index in [2.05, 4.69) is 20.4 Å². The van der Waals surface area contributed by atoms with Gasteiger partial charge < -0.3 is 14.6 Å². The number of fused-ring (bicyclic) bond motifs is 1. The number of hydrogen-bond donors (Lipinski definition) is 1. The number of imidazole rings is 1. The molecule has 1 amide bonds.